The van der Waals surface area contributed by atoms with Gasteiger partial charge in [-0.05, 0) is 25.8 Å². The second-order valence-electron chi connectivity index (χ2n) is 5.04. The standard InChI is InChI=1S/C16H23N3S/c1-13-16(20-14(2)18-13)12-19(11-9-17)10-8-15-6-4-3-5-7-15/h3-7H,8-12,17H2,1-2H3. The van der Waals surface area contributed by atoms with Gasteiger partial charge in [0.2, 0.25) is 0 Å². The highest BCUT2D eigenvalue weighted by atomic mass is 32.1. The molecule has 2 aromatic rings. The van der Waals surface area contributed by atoms with Crippen LogP contribution in [0.4, 0.5) is 0 Å². The van der Waals surface area contributed by atoms with Gasteiger partial charge in [0.05, 0.1) is 10.7 Å². The average molecular weight is 289 g/mol. The van der Waals surface area contributed by atoms with Crippen LogP contribution in [0.25, 0.3) is 0 Å². The number of nitrogens with two attached hydrogens (primary N) is 1. The number of aromatic nitrogens is 1. The van der Waals surface area contributed by atoms with E-state index in [4.69, 9.17) is 5.73 Å². The van der Waals surface area contributed by atoms with Crippen molar-refractivity contribution in [1.82, 2.24) is 9.88 Å². The van der Waals surface area contributed by atoms with E-state index in [2.05, 4.69) is 54.1 Å². The molecule has 108 valence electrons. The summed E-state index contributed by atoms with van der Waals surface area (Å²) in [5.74, 6) is 0. The topological polar surface area (TPSA) is 42.2 Å². The third kappa shape index (κ3) is 4.40. The molecule has 0 aliphatic carbocycles. The minimum absolute atomic E-state index is 0.700. The lowest BCUT2D eigenvalue weighted by Crippen LogP contribution is -2.31. The van der Waals surface area contributed by atoms with Crippen LogP contribution < -0.4 is 5.73 Å². The fourth-order valence-electron chi connectivity index (χ4n) is 2.31. The Hall–Kier alpha value is -1.23. The van der Waals surface area contributed by atoms with Crippen LogP contribution in [-0.4, -0.2) is 29.5 Å². The second-order valence-corrected chi connectivity index (χ2v) is 6.33. The molecule has 1 aromatic heterocycles. The van der Waals surface area contributed by atoms with Gasteiger partial charge in [-0.25, -0.2) is 4.98 Å². The molecule has 0 saturated heterocycles. The van der Waals surface area contributed by atoms with Gasteiger partial charge in [-0.1, -0.05) is 30.3 Å². The van der Waals surface area contributed by atoms with Crippen molar-refractivity contribution in [1.29, 1.82) is 0 Å². The summed E-state index contributed by atoms with van der Waals surface area (Å²) in [5.41, 5.74) is 8.28. The second kappa shape index (κ2) is 7.53. The van der Waals surface area contributed by atoms with Crippen LogP contribution in [0, 0.1) is 13.8 Å². The van der Waals surface area contributed by atoms with Crippen LogP contribution in [0.5, 0.6) is 0 Å². The molecule has 1 aromatic carbocycles. The first-order valence-electron chi connectivity index (χ1n) is 7.08. The Balaban J connectivity index is 1.95. The van der Waals surface area contributed by atoms with E-state index in [9.17, 15) is 0 Å². The molecule has 0 aliphatic rings. The maximum absolute atomic E-state index is 5.74. The van der Waals surface area contributed by atoms with Gasteiger partial charge in [0.1, 0.15) is 0 Å². The maximum Gasteiger partial charge on any atom is 0.0900 e. The van der Waals surface area contributed by atoms with Gasteiger partial charge in [0.25, 0.3) is 0 Å². The Morgan fingerprint density at radius 2 is 1.90 bits per heavy atom. The molecule has 0 radical (unpaired) electrons. The van der Waals surface area contributed by atoms with Crippen molar-refractivity contribution >= 4 is 11.3 Å². The molecule has 4 heteroatoms. The number of rotatable bonds is 7. The number of benzene rings is 1. The number of hydrogen-bond donors (Lipinski definition) is 1. The molecule has 0 saturated carbocycles. The summed E-state index contributed by atoms with van der Waals surface area (Å²) in [7, 11) is 0. The van der Waals surface area contributed by atoms with Crippen LogP contribution in [0.1, 0.15) is 21.1 Å². The van der Waals surface area contributed by atoms with Crippen molar-refractivity contribution in [2.75, 3.05) is 19.6 Å². The van der Waals surface area contributed by atoms with E-state index >= 15 is 0 Å². The SMILES string of the molecule is Cc1nc(C)c(CN(CCN)CCc2ccccc2)s1. The van der Waals surface area contributed by atoms with Gasteiger partial charge in [-0.3, -0.25) is 4.90 Å². The van der Waals surface area contributed by atoms with E-state index in [0.29, 0.717) is 6.54 Å². The fraction of sp³-hybridized carbons (Fsp3) is 0.438. The van der Waals surface area contributed by atoms with Crippen molar-refractivity contribution in [2.24, 2.45) is 5.73 Å². The molecule has 0 atom stereocenters. The molecular weight excluding hydrogens is 266 g/mol. The summed E-state index contributed by atoms with van der Waals surface area (Å²) in [6.45, 7) is 7.79. The van der Waals surface area contributed by atoms with Crippen molar-refractivity contribution in [3.63, 3.8) is 0 Å². The first kappa shape index (κ1) is 15.2. The Kier molecular flexibility index (Phi) is 5.71. The molecule has 2 N–H and O–H groups in total. The largest absolute Gasteiger partial charge is 0.329 e. The van der Waals surface area contributed by atoms with Crippen LogP contribution in [0.15, 0.2) is 30.3 Å². The third-order valence-electron chi connectivity index (χ3n) is 3.37. The summed E-state index contributed by atoms with van der Waals surface area (Å²) in [6.07, 6.45) is 1.07. The highest BCUT2D eigenvalue weighted by Crippen LogP contribution is 2.19. The molecule has 3 nitrogen and oxygen atoms in total. The molecule has 0 spiro atoms. The van der Waals surface area contributed by atoms with E-state index in [1.807, 2.05) is 0 Å². The smallest absolute Gasteiger partial charge is 0.0900 e. The van der Waals surface area contributed by atoms with Gasteiger partial charge in [-0.2, -0.15) is 0 Å². The zero-order valence-corrected chi connectivity index (χ0v) is 13.1. The van der Waals surface area contributed by atoms with E-state index in [0.717, 1.165) is 36.8 Å². The monoisotopic (exact) mass is 289 g/mol. The highest BCUT2D eigenvalue weighted by Gasteiger charge is 2.10. The van der Waals surface area contributed by atoms with Crippen LogP contribution in [0.2, 0.25) is 0 Å². The number of aryl methyl sites for hydroxylation is 2. The van der Waals surface area contributed by atoms with Gasteiger partial charge >= 0.3 is 0 Å². The summed E-state index contributed by atoms with van der Waals surface area (Å²) < 4.78 is 0. The van der Waals surface area contributed by atoms with E-state index < -0.39 is 0 Å². The Bertz CT molecular complexity index is 522. The predicted molar refractivity (Wildman–Crippen MR) is 86.1 cm³/mol. The lowest BCUT2D eigenvalue weighted by atomic mass is 10.1. The zero-order chi connectivity index (χ0) is 14.4. The van der Waals surface area contributed by atoms with Gasteiger partial charge in [0.15, 0.2) is 0 Å². The van der Waals surface area contributed by atoms with Gasteiger partial charge in [0, 0.05) is 31.1 Å². The lowest BCUT2D eigenvalue weighted by Gasteiger charge is -2.21. The maximum atomic E-state index is 5.74. The summed E-state index contributed by atoms with van der Waals surface area (Å²) >= 11 is 1.80. The minimum atomic E-state index is 0.700. The highest BCUT2D eigenvalue weighted by molar-refractivity contribution is 7.11. The molecule has 0 bridgehead atoms. The van der Waals surface area contributed by atoms with E-state index in [1.54, 1.807) is 11.3 Å². The minimum Gasteiger partial charge on any atom is -0.329 e. The molecule has 0 amide bonds. The van der Waals surface area contributed by atoms with Crippen LogP contribution >= 0.6 is 11.3 Å². The summed E-state index contributed by atoms with van der Waals surface area (Å²) in [5, 5.41) is 1.15. The normalized spacial score (nSPS) is 11.2. The molecule has 0 unspecified atom stereocenters. The number of thiazole rings is 1. The van der Waals surface area contributed by atoms with Gasteiger partial charge < -0.3 is 5.73 Å². The first-order chi connectivity index (χ1) is 9.69. The summed E-state index contributed by atoms with van der Waals surface area (Å²) in [6, 6.07) is 10.6. The van der Waals surface area contributed by atoms with Crippen LogP contribution in [0.3, 0.4) is 0 Å². The van der Waals surface area contributed by atoms with Crippen molar-refractivity contribution in [3.05, 3.63) is 51.5 Å². The van der Waals surface area contributed by atoms with Crippen molar-refractivity contribution in [3.8, 4) is 0 Å². The van der Waals surface area contributed by atoms with E-state index in [-0.39, 0.29) is 0 Å². The van der Waals surface area contributed by atoms with Crippen molar-refractivity contribution in [2.45, 2.75) is 26.8 Å². The van der Waals surface area contributed by atoms with E-state index in [1.165, 1.54) is 10.4 Å². The van der Waals surface area contributed by atoms with Crippen molar-refractivity contribution < 1.29 is 0 Å². The predicted octanol–water partition coefficient (Wildman–Crippen LogP) is 2.76. The zero-order valence-electron chi connectivity index (χ0n) is 12.3. The van der Waals surface area contributed by atoms with Crippen LogP contribution in [-0.2, 0) is 13.0 Å². The summed E-state index contributed by atoms with van der Waals surface area (Å²) in [4.78, 5) is 8.29. The van der Waals surface area contributed by atoms with Gasteiger partial charge in [-0.15, -0.1) is 11.3 Å². The lowest BCUT2D eigenvalue weighted by molar-refractivity contribution is 0.278. The Labute approximate surface area is 125 Å². The fourth-order valence-corrected chi connectivity index (χ4v) is 3.29. The molecular formula is C16H23N3S. The first-order valence-corrected chi connectivity index (χ1v) is 7.90. The Morgan fingerprint density at radius 1 is 1.15 bits per heavy atom. The molecule has 0 aliphatic heterocycles. The number of nitrogens with zero attached hydrogens (tertiary/aromatic N) is 2. The number of hydrogen-bond acceptors (Lipinski definition) is 4. The molecule has 1 heterocycles. The molecule has 20 heavy (non-hydrogen) atoms. The quantitative estimate of drug-likeness (QED) is 0.852. The average Bonchev–Trinajstić information content (AvgIpc) is 2.76. The molecule has 2 rings (SSSR count). The Morgan fingerprint density at radius 3 is 2.50 bits per heavy atom. The third-order valence-corrected chi connectivity index (χ3v) is 4.43. The molecule has 0 fully saturated rings.